The molecule has 0 saturated heterocycles. The van der Waals surface area contributed by atoms with Crippen LogP contribution in [0.5, 0.6) is 0 Å². The summed E-state index contributed by atoms with van der Waals surface area (Å²) in [6.07, 6.45) is 6.39. The molecule has 2 heteroatoms. The van der Waals surface area contributed by atoms with E-state index in [1.165, 1.54) is 25.7 Å². The monoisotopic (exact) mass is 139 g/mol. The Morgan fingerprint density at radius 3 is 2.60 bits per heavy atom. The Kier molecular flexibility index (Phi) is 2.60. The standard InChI is InChI=1S/C8H13NO/c9-8(6-10)5-7-3-1-2-4-7/h6-7,9H,1-5H2. The first-order valence-corrected chi connectivity index (χ1v) is 3.85. The van der Waals surface area contributed by atoms with E-state index in [0.29, 0.717) is 18.6 Å². The van der Waals surface area contributed by atoms with Crippen molar-refractivity contribution in [3.63, 3.8) is 0 Å². The lowest BCUT2D eigenvalue weighted by Gasteiger charge is -2.04. The first-order chi connectivity index (χ1) is 4.83. The van der Waals surface area contributed by atoms with Crippen molar-refractivity contribution in [2.75, 3.05) is 0 Å². The Balaban J connectivity index is 2.23. The van der Waals surface area contributed by atoms with Gasteiger partial charge in [-0.15, -0.1) is 0 Å². The van der Waals surface area contributed by atoms with Crippen molar-refractivity contribution in [3.8, 4) is 0 Å². The first kappa shape index (κ1) is 7.45. The summed E-state index contributed by atoms with van der Waals surface area (Å²) in [6, 6.07) is 0. The van der Waals surface area contributed by atoms with Gasteiger partial charge < -0.3 is 5.41 Å². The van der Waals surface area contributed by atoms with Crippen molar-refractivity contribution in [1.82, 2.24) is 0 Å². The zero-order valence-electron chi connectivity index (χ0n) is 6.10. The first-order valence-electron chi connectivity index (χ1n) is 3.85. The van der Waals surface area contributed by atoms with E-state index in [2.05, 4.69) is 0 Å². The van der Waals surface area contributed by atoms with Crippen LogP contribution in [0.25, 0.3) is 0 Å². The van der Waals surface area contributed by atoms with E-state index in [4.69, 9.17) is 5.41 Å². The van der Waals surface area contributed by atoms with Crippen LogP contribution in [-0.2, 0) is 4.79 Å². The second-order valence-electron chi connectivity index (χ2n) is 3.00. The van der Waals surface area contributed by atoms with Gasteiger partial charge in [-0.2, -0.15) is 0 Å². The van der Waals surface area contributed by atoms with Gasteiger partial charge in [0.05, 0.1) is 5.71 Å². The molecular formula is C8H13NO. The molecule has 0 aromatic heterocycles. The predicted octanol–water partition coefficient (Wildman–Crippen LogP) is 1.79. The van der Waals surface area contributed by atoms with E-state index >= 15 is 0 Å². The molecule has 1 fully saturated rings. The third kappa shape index (κ3) is 1.94. The molecule has 0 heterocycles. The van der Waals surface area contributed by atoms with Crippen molar-refractivity contribution in [2.45, 2.75) is 32.1 Å². The average Bonchev–Trinajstić information content (AvgIpc) is 2.40. The topological polar surface area (TPSA) is 40.9 Å². The van der Waals surface area contributed by atoms with Crippen molar-refractivity contribution < 1.29 is 4.79 Å². The van der Waals surface area contributed by atoms with Crippen molar-refractivity contribution >= 4 is 12.0 Å². The van der Waals surface area contributed by atoms with Crippen LogP contribution in [0, 0.1) is 11.3 Å². The maximum absolute atomic E-state index is 10.1. The molecule has 1 aliphatic rings. The molecule has 1 rings (SSSR count). The maximum atomic E-state index is 10.1. The molecule has 0 unspecified atom stereocenters. The minimum Gasteiger partial charge on any atom is -0.302 e. The lowest BCUT2D eigenvalue weighted by molar-refractivity contribution is -0.102. The summed E-state index contributed by atoms with van der Waals surface area (Å²) >= 11 is 0. The fourth-order valence-corrected chi connectivity index (χ4v) is 1.57. The normalized spacial score (nSPS) is 19.2. The van der Waals surface area contributed by atoms with Crippen LogP contribution in [0.2, 0.25) is 0 Å². The van der Waals surface area contributed by atoms with Gasteiger partial charge in [0.2, 0.25) is 0 Å². The molecule has 0 aliphatic heterocycles. The maximum Gasteiger partial charge on any atom is 0.163 e. The third-order valence-electron chi connectivity index (χ3n) is 2.13. The highest BCUT2D eigenvalue weighted by molar-refractivity contribution is 6.26. The number of hydrogen-bond acceptors (Lipinski definition) is 2. The molecule has 0 aromatic rings. The Morgan fingerprint density at radius 2 is 2.10 bits per heavy atom. The van der Waals surface area contributed by atoms with Crippen molar-refractivity contribution in [2.24, 2.45) is 5.92 Å². The largest absolute Gasteiger partial charge is 0.302 e. The molecule has 0 aromatic carbocycles. The number of carbonyl (C=O) groups excluding carboxylic acids is 1. The van der Waals surface area contributed by atoms with E-state index < -0.39 is 0 Å². The van der Waals surface area contributed by atoms with Gasteiger partial charge in [0.15, 0.2) is 6.29 Å². The molecule has 2 nitrogen and oxygen atoms in total. The highest BCUT2D eigenvalue weighted by Gasteiger charge is 2.15. The molecule has 0 atom stereocenters. The number of aldehydes is 1. The van der Waals surface area contributed by atoms with E-state index in [9.17, 15) is 4.79 Å². The number of rotatable bonds is 3. The molecule has 10 heavy (non-hydrogen) atoms. The Labute approximate surface area is 61.1 Å². The molecule has 0 radical (unpaired) electrons. The van der Waals surface area contributed by atoms with Gasteiger partial charge in [0.1, 0.15) is 0 Å². The van der Waals surface area contributed by atoms with Crippen LogP contribution in [0.1, 0.15) is 32.1 Å². The van der Waals surface area contributed by atoms with Gasteiger partial charge in [-0.05, 0) is 12.3 Å². The quantitative estimate of drug-likeness (QED) is 0.470. The minimum atomic E-state index is 0.270. The molecule has 0 amide bonds. The summed E-state index contributed by atoms with van der Waals surface area (Å²) in [5.74, 6) is 0.637. The van der Waals surface area contributed by atoms with Crippen LogP contribution >= 0.6 is 0 Å². The summed E-state index contributed by atoms with van der Waals surface area (Å²) in [5, 5.41) is 7.13. The highest BCUT2D eigenvalue weighted by Crippen LogP contribution is 2.27. The lowest BCUT2D eigenvalue weighted by atomic mass is 10.0. The molecule has 1 aliphatic carbocycles. The minimum absolute atomic E-state index is 0.270. The summed E-state index contributed by atoms with van der Waals surface area (Å²) in [5.41, 5.74) is 0.270. The lowest BCUT2D eigenvalue weighted by Crippen LogP contribution is -2.04. The fourth-order valence-electron chi connectivity index (χ4n) is 1.57. The van der Waals surface area contributed by atoms with E-state index in [-0.39, 0.29) is 5.71 Å². The smallest absolute Gasteiger partial charge is 0.163 e. The number of nitrogens with one attached hydrogen (secondary N) is 1. The van der Waals surface area contributed by atoms with Gasteiger partial charge in [-0.1, -0.05) is 25.7 Å². The average molecular weight is 139 g/mol. The molecule has 0 bridgehead atoms. The van der Waals surface area contributed by atoms with Gasteiger partial charge in [-0.25, -0.2) is 0 Å². The summed E-state index contributed by atoms with van der Waals surface area (Å²) in [4.78, 5) is 10.1. The second-order valence-corrected chi connectivity index (χ2v) is 3.00. The summed E-state index contributed by atoms with van der Waals surface area (Å²) in [6.45, 7) is 0. The van der Waals surface area contributed by atoms with Crippen LogP contribution in [-0.4, -0.2) is 12.0 Å². The third-order valence-corrected chi connectivity index (χ3v) is 2.13. The van der Waals surface area contributed by atoms with E-state index in [1.54, 1.807) is 0 Å². The summed E-state index contributed by atoms with van der Waals surface area (Å²) < 4.78 is 0. The van der Waals surface area contributed by atoms with Crippen molar-refractivity contribution in [1.29, 1.82) is 5.41 Å². The van der Waals surface area contributed by atoms with Crippen molar-refractivity contribution in [3.05, 3.63) is 0 Å². The second kappa shape index (κ2) is 3.49. The zero-order valence-corrected chi connectivity index (χ0v) is 6.10. The van der Waals surface area contributed by atoms with E-state index in [1.807, 2.05) is 0 Å². The highest BCUT2D eigenvalue weighted by atomic mass is 16.1. The van der Waals surface area contributed by atoms with Crippen LogP contribution in [0.3, 0.4) is 0 Å². The zero-order chi connectivity index (χ0) is 7.40. The predicted molar refractivity (Wildman–Crippen MR) is 40.4 cm³/mol. The molecule has 1 N–H and O–H groups in total. The molecule has 56 valence electrons. The Morgan fingerprint density at radius 1 is 1.50 bits per heavy atom. The van der Waals surface area contributed by atoms with Crippen LogP contribution in [0.15, 0.2) is 0 Å². The van der Waals surface area contributed by atoms with Crippen LogP contribution < -0.4 is 0 Å². The molecule has 1 saturated carbocycles. The fraction of sp³-hybridized carbons (Fsp3) is 0.750. The van der Waals surface area contributed by atoms with Gasteiger partial charge >= 0.3 is 0 Å². The molecule has 0 spiro atoms. The SMILES string of the molecule is N=C(C=O)CC1CCCC1. The number of carbonyl (C=O) groups is 1. The van der Waals surface area contributed by atoms with Gasteiger partial charge in [0.25, 0.3) is 0 Å². The molecular weight excluding hydrogens is 126 g/mol. The van der Waals surface area contributed by atoms with Gasteiger partial charge in [-0.3, -0.25) is 4.79 Å². The summed E-state index contributed by atoms with van der Waals surface area (Å²) in [7, 11) is 0. The Bertz CT molecular complexity index is 136. The number of hydrogen-bond donors (Lipinski definition) is 1. The van der Waals surface area contributed by atoms with Crippen LogP contribution in [0.4, 0.5) is 0 Å². The van der Waals surface area contributed by atoms with E-state index in [0.717, 1.165) is 0 Å². The Hall–Kier alpha value is -0.660. The van der Waals surface area contributed by atoms with Gasteiger partial charge in [0, 0.05) is 0 Å².